The molecule has 7 heteroatoms. The lowest BCUT2D eigenvalue weighted by Crippen LogP contribution is -2.41. The van der Waals surface area contributed by atoms with Crippen LogP contribution in [-0.2, 0) is 14.8 Å². The molecule has 0 spiro atoms. The standard InChI is InChI=1S/C12H15Br2NO3S/c1-8-6-10(4-5-18-8)15-19(16,17)12-7-9(13)2-3-11(12)14/h2-3,7-8,10,15H,4-6H2,1H3. The lowest BCUT2D eigenvalue weighted by atomic mass is 10.1. The van der Waals surface area contributed by atoms with Gasteiger partial charge in [0.15, 0.2) is 0 Å². The first kappa shape index (κ1) is 15.4. The van der Waals surface area contributed by atoms with Crippen LogP contribution in [0.4, 0.5) is 0 Å². The fraction of sp³-hybridized carbons (Fsp3) is 0.500. The Morgan fingerprint density at radius 3 is 2.79 bits per heavy atom. The van der Waals surface area contributed by atoms with Gasteiger partial charge in [0.1, 0.15) is 0 Å². The Balaban J connectivity index is 2.20. The third kappa shape index (κ3) is 4.01. The summed E-state index contributed by atoms with van der Waals surface area (Å²) in [5.41, 5.74) is 0. The molecule has 1 aliphatic rings. The van der Waals surface area contributed by atoms with E-state index < -0.39 is 10.0 Å². The molecule has 1 saturated heterocycles. The highest BCUT2D eigenvalue weighted by molar-refractivity contribution is 9.11. The number of hydrogen-bond donors (Lipinski definition) is 1. The van der Waals surface area contributed by atoms with Crippen molar-refractivity contribution < 1.29 is 13.2 Å². The maximum Gasteiger partial charge on any atom is 0.241 e. The Morgan fingerprint density at radius 2 is 2.11 bits per heavy atom. The fourth-order valence-corrected chi connectivity index (χ4v) is 4.86. The van der Waals surface area contributed by atoms with E-state index in [0.717, 1.165) is 4.47 Å². The fourth-order valence-electron chi connectivity index (χ4n) is 2.07. The first-order valence-corrected chi connectivity index (χ1v) is 9.04. The summed E-state index contributed by atoms with van der Waals surface area (Å²) in [6.45, 7) is 2.55. The van der Waals surface area contributed by atoms with Crippen molar-refractivity contribution in [1.82, 2.24) is 4.72 Å². The molecule has 1 aromatic rings. The van der Waals surface area contributed by atoms with Crippen LogP contribution in [0, 0.1) is 0 Å². The van der Waals surface area contributed by atoms with E-state index in [1.54, 1.807) is 18.2 Å². The molecular formula is C12H15Br2NO3S. The van der Waals surface area contributed by atoms with Crippen LogP contribution in [0.5, 0.6) is 0 Å². The molecule has 0 amide bonds. The topological polar surface area (TPSA) is 55.4 Å². The van der Waals surface area contributed by atoms with Crippen molar-refractivity contribution in [2.24, 2.45) is 0 Å². The average Bonchev–Trinajstić information content (AvgIpc) is 2.31. The van der Waals surface area contributed by atoms with Crippen molar-refractivity contribution in [3.8, 4) is 0 Å². The largest absolute Gasteiger partial charge is 0.378 e. The van der Waals surface area contributed by atoms with Crippen LogP contribution in [-0.4, -0.2) is 27.2 Å². The van der Waals surface area contributed by atoms with Gasteiger partial charge in [0.25, 0.3) is 0 Å². The quantitative estimate of drug-likeness (QED) is 0.829. The van der Waals surface area contributed by atoms with Crippen molar-refractivity contribution >= 4 is 41.9 Å². The molecule has 4 nitrogen and oxygen atoms in total. The molecular weight excluding hydrogens is 398 g/mol. The summed E-state index contributed by atoms with van der Waals surface area (Å²) in [7, 11) is -3.52. The second kappa shape index (κ2) is 6.22. The number of hydrogen-bond acceptors (Lipinski definition) is 3. The number of benzene rings is 1. The van der Waals surface area contributed by atoms with E-state index in [1.165, 1.54) is 0 Å². The summed E-state index contributed by atoms with van der Waals surface area (Å²) in [5.74, 6) is 0. The molecule has 2 atom stereocenters. The van der Waals surface area contributed by atoms with Crippen LogP contribution < -0.4 is 4.72 Å². The lowest BCUT2D eigenvalue weighted by Gasteiger charge is -2.27. The van der Waals surface area contributed by atoms with Gasteiger partial charge in [-0.15, -0.1) is 0 Å². The number of sulfonamides is 1. The Hall–Kier alpha value is 0.0500. The zero-order chi connectivity index (χ0) is 14.0. The molecule has 1 N–H and O–H groups in total. The van der Waals surface area contributed by atoms with Crippen LogP contribution in [0.3, 0.4) is 0 Å². The van der Waals surface area contributed by atoms with Gasteiger partial charge in [-0.2, -0.15) is 0 Å². The Bertz CT molecular complexity index is 562. The maximum atomic E-state index is 12.4. The smallest absolute Gasteiger partial charge is 0.241 e. The van der Waals surface area contributed by atoms with Gasteiger partial charge >= 0.3 is 0 Å². The van der Waals surface area contributed by atoms with E-state index in [2.05, 4.69) is 36.6 Å². The van der Waals surface area contributed by atoms with Gasteiger partial charge in [-0.1, -0.05) is 15.9 Å². The first-order valence-electron chi connectivity index (χ1n) is 5.97. The molecule has 2 rings (SSSR count). The molecule has 0 aromatic heterocycles. The minimum absolute atomic E-state index is 0.0698. The SMILES string of the molecule is CC1CC(NS(=O)(=O)c2cc(Br)ccc2Br)CCO1. The third-order valence-electron chi connectivity index (χ3n) is 2.99. The van der Waals surface area contributed by atoms with Crippen molar-refractivity contribution in [2.45, 2.75) is 36.8 Å². The summed E-state index contributed by atoms with van der Waals surface area (Å²) in [6.07, 6.45) is 1.49. The Kier molecular flexibility index (Phi) is 5.05. The predicted octanol–water partition coefficient (Wildman–Crippen LogP) is 3.06. The lowest BCUT2D eigenvalue weighted by molar-refractivity contribution is 0.0173. The zero-order valence-corrected chi connectivity index (χ0v) is 14.4. The van der Waals surface area contributed by atoms with Gasteiger partial charge < -0.3 is 4.74 Å². The van der Waals surface area contributed by atoms with Gasteiger partial charge in [-0.25, -0.2) is 13.1 Å². The number of nitrogens with one attached hydrogen (secondary N) is 1. The summed E-state index contributed by atoms with van der Waals surface area (Å²) in [5, 5.41) is 0. The van der Waals surface area contributed by atoms with Crippen LogP contribution in [0.25, 0.3) is 0 Å². The van der Waals surface area contributed by atoms with Crippen LogP contribution >= 0.6 is 31.9 Å². The van der Waals surface area contributed by atoms with Crippen LogP contribution in [0.1, 0.15) is 19.8 Å². The van der Waals surface area contributed by atoms with Crippen molar-refractivity contribution in [1.29, 1.82) is 0 Å². The van der Waals surface area contributed by atoms with E-state index in [9.17, 15) is 8.42 Å². The van der Waals surface area contributed by atoms with E-state index in [4.69, 9.17) is 4.74 Å². The van der Waals surface area contributed by atoms with Crippen LogP contribution in [0.15, 0.2) is 32.0 Å². The van der Waals surface area contributed by atoms with Gasteiger partial charge in [-0.05, 0) is 53.9 Å². The summed E-state index contributed by atoms with van der Waals surface area (Å²) in [6, 6.07) is 5.03. The highest BCUT2D eigenvalue weighted by Crippen LogP contribution is 2.26. The molecule has 1 aromatic carbocycles. The van der Waals surface area contributed by atoms with E-state index >= 15 is 0 Å². The molecule has 0 aliphatic carbocycles. The van der Waals surface area contributed by atoms with Gasteiger partial charge in [-0.3, -0.25) is 0 Å². The average molecular weight is 413 g/mol. The second-order valence-corrected chi connectivity index (χ2v) is 8.05. The van der Waals surface area contributed by atoms with Crippen molar-refractivity contribution in [2.75, 3.05) is 6.61 Å². The molecule has 19 heavy (non-hydrogen) atoms. The first-order chi connectivity index (χ1) is 8.88. The monoisotopic (exact) mass is 411 g/mol. The number of rotatable bonds is 3. The third-order valence-corrected chi connectivity index (χ3v) is 6.00. The predicted molar refractivity (Wildman–Crippen MR) is 80.6 cm³/mol. The summed E-state index contributed by atoms with van der Waals surface area (Å²) < 4.78 is 34.2. The molecule has 0 radical (unpaired) electrons. The molecule has 0 bridgehead atoms. The Morgan fingerprint density at radius 1 is 1.37 bits per heavy atom. The van der Waals surface area contributed by atoms with Gasteiger partial charge in [0, 0.05) is 21.6 Å². The highest BCUT2D eigenvalue weighted by atomic mass is 79.9. The van der Waals surface area contributed by atoms with Gasteiger partial charge in [0.05, 0.1) is 11.0 Å². The Labute approximate surface area is 130 Å². The molecule has 1 heterocycles. The zero-order valence-electron chi connectivity index (χ0n) is 10.4. The summed E-state index contributed by atoms with van der Waals surface area (Å²) >= 11 is 6.57. The van der Waals surface area contributed by atoms with E-state index in [1.807, 2.05) is 6.92 Å². The molecule has 2 unspecified atom stereocenters. The van der Waals surface area contributed by atoms with E-state index in [-0.39, 0.29) is 17.0 Å². The van der Waals surface area contributed by atoms with Crippen LogP contribution in [0.2, 0.25) is 0 Å². The normalized spacial score (nSPS) is 24.4. The molecule has 1 aliphatic heterocycles. The van der Waals surface area contributed by atoms with Crippen molar-refractivity contribution in [3.63, 3.8) is 0 Å². The number of halogens is 2. The minimum atomic E-state index is -3.52. The van der Waals surface area contributed by atoms with Crippen molar-refractivity contribution in [3.05, 3.63) is 27.1 Å². The highest BCUT2D eigenvalue weighted by Gasteiger charge is 2.26. The molecule has 1 fully saturated rings. The summed E-state index contributed by atoms with van der Waals surface area (Å²) in [4.78, 5) is 0.251. The molecule has 106 valence electrons. The second-order valence-electron chi connectivity index (χ2n) is 4.60. The number of ether oxygens (including phenoxy) is 1. The van der Waals surface area contributed by atoms with Gasteiger partial charge in [0.2, 0.25) is 10.0 Å². The molecule has 0 saturated carbocycles. The van der Waals surface area contributed by atoms with E-state index in [0.29, 0.717) is 23.9 Å². The minimum Gasteiger partial charge on any atom is -0.378 e. The maximum absolute atomic E-state index is 12.4.